The van der Waals surface area contributed by atoms with Gasteiger partial charge in [-0.3, -0.25) is 9.36 Å². The molecule has 6 nitrogen and oxygen atoms in total. The van der Waals surface area contributed by atoms with Crippen LogP contribution in [0, 0.1) is 0 Å². The maximum Gasteiger partial charge on any atom is 0.234 e. The second-order valence-corrected chi connectivity index (χ2v) is 7.74. The summed E-state index contributed by atoms with van der Waals surface area (Å²) < 4.78 is 7.27. The van der Waals surface area contributed by atoms with Crippen LogP contribution >= 0.6 is 11.8 Å². The molecular formula is C24H22N4O2S. The highest BCUT2D eigenvalue weighted by Gasteiger charge is 2.16. The van der Waals surface area contributed by atoms with E-state index in [0.29, 0.717) is 11.6 Å². The average Bonchev–Trinajstić information content (AvgIpc) is 3.21. The van der Waals surface area contributed by atoms with Gasteiger partial charge in [0.1, 0.15) is 11.6 Å². The zero-order valence-corrected chi connectivity index (χ0v) is 17.9. The number of anilines is 1. The number of aromatic nitrogens is 3. The Balaban J connectivity index is 1.56. The first kappa shape index (κ1) is 20.7. The molecule has 0 fully saturated rings. The Hall–Kier alpha value is -3.58. The van der Waals surface area contributed by atoms with E-state index in [0.717, 1.165) is 28.5 Å². The van der Waals surface area contributed by atoms with E-state index in [4.69, 9.17) is 4.74 Å². The Bertz CT molecular complexity index is 1130. The Kier molecular flexibility index (Phi) is 6.64. The fourth-order valence-electron chi connectivity index (χ4n) is 3.13. The molecular weight excluding hydrogens is 408 g/mol. The quantitative estimate of drug-likeness (QED) is 0.414. The van der Waals surface area contributed by atoms with Crippen LogP contribution in [0.4, 0.5) is 5.69 Å². The molecule has 0 aliphatic heterocycles. The van der Waals surface area contributed by atoms with Crippen LogP contribution in [0.1, 0.15) is 11.4 Å². The van der Waals surface area contributed by atoms with Crippen molar-refractivity contribution >= 4 is 23.4 Å². The minimum Gasteiger partial charge on any atom is -0.497 e. The lowest BCUT2D eigenvalue weighted by molar-refractivity contribution is -0.113. The summed E-state index contributed by atoms with van der Waals surface area (Å²) in [6, 6.07) is 27.3. The Morgan fingerprint density at radius 3 is 2.29 bits per heavy atom. The van der Waals surface area contributed by atoms with E-state index in [1.807, 2.05) is 77.4 Å². The van der Waals surface area contributed by atoms with E-state index >= 15 is 0 Å². The van der Waals surface area contributed by atoms with Crippen LogP contribution in [-0.2, 0) is 11.2 Å². The first-order valence-electron chi connectivity index (χ1n) is 9.83. The monoisotopic (exact) mass is 430 g/mol. The summed E-state index contributed by atoms with van der Waals surface area (Å²) >= 11 is 1.36. The molecule has 0 saturated carbocycles. The molecule has 1 N–H and O–H groups in total. The smallest absolute Gasteiger partial charge is 0.234 e. The van der Waals surface area contributed by atoms with Gasteiger partial charge in [0.25, 0.3) is 0 Å². The maximum atomic E-state index is 12.4. The number of methoxy groups -OCH3 is 1. The van der Waals surface area contributed by atoms with Gasteiger partial charge in [-0.15, -0.1) is 10.2 Å². The molecule has 1 amide bonds. The van der Waals surface area contributed by atoms with Crippen molar-refractivity contribution in [2.45, 2.75) is 11.6 Å². The summed E-state index contributed by atoms with van der Waals surface area (Å²) in [6.07, 6.45) is 0.636. The van der Waals surface area contributed by atoms with Crippen LogP contribution in [0.25, 0.3) is 5.69 Å². The molecule has 0 radical (unpaired) electrons. The summed E-state index contributed by atoms with van der Waals surface area (Å²) in [4.78, 5) is 12.4. The molecule has 4 rings (SSSR count). The molecule has 0 spiro atoms. The Morgan fingerprint density at radius 1 is 0.935 bits per heavy atom. The predicted octanol–water partition coefficient (Wildman–Crippen LogP) is 4.60. The van der Waals surface area contributed by atoms with Crippen molar-refractivity contribution in [1.82, 2.24) is 14.8 Å². The lowest BCUT2D eigenvalue weighted by atomic mass is 10.1. The first-order chi connectivity index (χ1) is 15.2. The third-order valence-corrected chi connectivity index (χ3v) is 5.55. The number of hydrogen-bond acceptors (Lipinski definition) is 5. The lowest BCUT2D eigenvalue weighted by Crippen LogP contribution is -2.14. The lowest BCUT2D eigenvalue weighted by Gasteiger charge is -2.11. The Labute approximate surface area is 185 Å². The van der Waals surface area contributed by atoms with Crippen molar-refractivity contribution in [3.05, 3.63) is 96.3 Å². The summed E-state index contributed by atoms with van der Waals surface area (Å²) in [6.45, 7) is 0. The van der Waals surface area contributed by atoms with Gasteiger partial charge in [0.2, 0.25) is 5.91 Å². The van der Waals surface area contributed by atoms with Gasteiger partial charge < -0.3 is 10.1 Å². The zero-order chi connectivity index (χ0) is 21.5. The molecule has 0 atom stereocenters. The number of ether oxygens (including phenoxy) is 1. The predicted molar refractivity (Wildman–Crippen MR) is 123 cm³/mol. The number of amides is 1. The van der Waals surface area contributed by atoms with E-state index in [1.165, 1.54) is 11.8 Å². The fourth-order valence-corrected chi connectivity index (χ4v) is 3.90. The van der Waals surface area contributed by atoms with Gasteiger partial charge in [0, 0.05) is 17.8 Å². The summed E-state index contributed by atoms with van der Waals surface area (Å²) in [5.74, 6) is 1.72. The number of nitrogens with zero attached hydrogens (tertiary/aromatic N) is 3. The number of benzene rings is 3. The van der Waals surface area contributed by atoms with Gasteiger partial charge >= 0.3 is 0 Å². The van der Waals surface area contributed by atoms with Crippen molar-refractivity contribution in [1.29, 1.82) is 0 Å². The average molecular weight is 431 g/mol. The van der Waals surface area contributed by atoms with E-state index in [-0.39, 0.29) is 11.7 Å². The van der Waals surface area contributed by atoms with Gasteiger partial charge in [-0.25, -0.2) is 0 Å². The fraction of sp³-hybridized carbons (Fsp3) is 0.125. The topological polar surface area (TPSA) is 69.0 Å². The van der Waals surface area contributed by atoms with Crippen LogP contribution in [0.5, 0.6) is 5.75 Å². The molecule has 4 aromatic rings. The SMILES string of the molecule is COc1ccc(-n2c(Cc3ccccc3)nnc2SCC(=O)Nc2ccccc2)cc1. The second kappa shape index (κ2) is 9.95. The normalized spacial score (nSPS) is 10.6. The van der Waals surface area contributed by atoms with Crippen LogP contribution in [0.15, 0.2) is 90.1 Å². The number of hydrogen-bond donors (Lipinski definition) is 1. The summed E-state index contributed by atoms with van der Waals surface area (Å²) in [7, 11) is 1.64. The van der Waals surface area contributed by atoms with Crippen molar-refractivity contribution in [3.63, 3.8) is 0 Å². The molecule has 1 heterocycles. The molecule has 7 heteroatoms. The highest BCUT2D eigenvalue weighted by Crippen LogP contribution is 2.25. The van der Waals surface area contributed by atoms with Crippen molar-refractivity contribution < 1.29 is 9.53 Å². The second-order valence-electron chi connectivity index (χ2n) is 6.80. The minimum absolute atomic E-state index is 0.0925. The maximum absolute atomic E-state index is 12.4. The highest BCUT2D eigenvalue weighted by molar-refractivity contribution is 7.99. The van der Waals surface area contributed by atoms with Crippen molar-refractivity contribution in [2.75, 3.05) is 18.2 Å². The van der Waals surface area contributed by atoms with E-state index in [1.54, 1.807) is 7.11 Å². The number of thioether (sulfide) groups is 1. The summed E-state index contributed by atoms with van der Waals surface area (Å²) in [5.41, 5.74) is 2.83. The standard InChI is InChI=1S/C24H22N4O2S/c1-30-21-14-12-20(13-15-21)28-22(16-18-8-4-2-5-9-18)26-27-24(28)31-17-23(29)25-19-10-6-3-7-11-19/h2-15H,16-17H2,1H3,(H,25,29). The van der Waals surface area contributed by atoms with Gasteiger partial charge in [-0.1, -0.05) is 60.3 Å². The van der Waals surface area contributed by atoms with Crippen molar-refractivity contribution in [3.8, 4) is 11.4 Å². The van der Waals surface area contributed by atoms with Gasteiger partial charge in [0.15, 0.2) is 5.16 Å². The largest absolute Gasteiger partial charge is 0.497 e. The molecule has 3 aromatic carbocycles. The zero-order valence-electron chi connectivity index (χ0n) is 17.1. The number of nitrogens with one attached hydrogen (secondary N) is 1. The van der Waals surface area contributed by atoms with Gasteiger partial charge in [0.05, 0.1) is 12.9 Å². The van der Waals surface area contributed by atoms with E-state index < -0.39 is 0 Å². The third-order valence-electron chi connectivity index (χ3n) is 4.63. The van der Waals surface area contributed by atoms with Crippen LogP contribution in [0.3, 0.4) is 0 Å². The summed E-state index contributed by atoms with van der Waals surface area (Å²) in [5, 5.41) is 12.4. The first-order valence-corrected chi connectivity index (χ1v) is 10.8. The van der Waals surface area contributed by atoms with Crippen molar-refractivity contribution in [2.24, 2.45) is 0 Å². The number of carbonyl (C=O) groups excluding carboxylic acids is 1. The molecule has 1 aromatic heterocycles. The minimum atomic E-state index is -0.0925. The third kappa shape index (κ3) is 5.32. The number of rotatable bonds is 8. The van der Waals surface area contributed by atoms with Gasteiger partial charge in [-0.2, -0.15) is 0 Å². The van der Waals surface area contributed by atoms with Gasteiger partial charge in [-0.05, 0) is 42.0 Å². The molecule has 156 valence electrons. The van der Waals surface area contributed by atoms with E-state index in [2.05, 4.69) is 27.6 Å². The highest BCUT2D eigenvalue weighted by atomic mass is 32.2. The number of carbonyl (C=O) groups is 1. The number of para-hydroxylation sites is 1. The molecule has 0 bridgehead atoms. The van der Waals surface area contributed by atoms with Crippen LogP contribution < -0.4 is 10.1 Å². The van der Waals surface area contributed by atoms with Crippen LogP contribution in [-0.4, -0.2) is 33.5 Å². The molecule has 0 unspecified atom stereocenters. The van der Waals surface area contributed by atoms with E-state index in [9.17, 15) is 4.79 Å². The molecule has 0 aliphatic carbocycles. The molecule has 31 heavy (non-hydrogen) atoms. The van der Waals surface area contributed by atoms with Crippen LogP contribution in [0.2, 0.25) is 0 Å². The Morgan fingerprint density at radius 2 is 1.61 bits per heavy atom. The molecule has 0 aliphatic rings. The molecule has 0 saturated heterocycles.